The smallest absolute Gasteiger partial charge is 0.228 e. The van der Waals surface area contributed by atoms with Crippen LogP contribution in [-0.4, -0.2) is 47.9 Å². The number of anilines is 2. The number of hydrogen-bond acceptors (Lipinski definition) is 4. The number of carbonyl (C=O) groups excluding carboxylic acids is 2. The van der Waals surface area contributed by atoms with Gasteiger partial charge in [0.25, 0.3) is 0 Å². The van der Waals surface area contributed by atoms with Crippen molar-refractivity contribution in [3.63, 3.8) is 0 Å². The lowest BCUT2D eigenvalue weighted by atomic mass is 10.2. The van der Waals surface area contributed by atoms with Crippen molar-refractivity contribution in [1.29, 1.82) is 0 Å². The van der Waals surface area contributed by atoms with E-state index in [9.17, 15) is 9.59 Å². The van der Waals surface area contributed by atoms with Crippen LogP contribution >= 0.6 is 0 Å². The largest absolute Gasteiger partial charge is 0.367 e. The number of aromatic nitrogens is 1. The Morgan fingerprint density at radius 1 is 1.17 bits per heavy atom. The molecule has 4 rings (SSSR count). The summed E-state index contributed by atoms with van der Waals surface area (Å²) in [7, 11) is 0. The maximum atomic E-state index is 12.1. The van der Waals surface area contributed by atoms with Gasteiger partial charge in [-0.2, -0.15) is 0 Å². The second-order valence-electron chi connectivity index (χ2n) is 7.30. The van der Waals surface area contributed by atoms with Gasteiger partial charge in [0.1, 0.15) is 5.82 Å². The van der Waals surface area contributed by atoms with Crippen molar-refractivity contribution < 1.29 is 9.59 Å². The van der Waals surface area contributed by atoms with E-state index in [-0.39, 0.29) is 11.8 Å². The van der Waals surface area contributed by atoms with Crippen LogP contribution in [0.4, 0.5) is 11.5 Å². The molecular weight excluding hydrogens is 304 g/mol. The highest BCUT2D eigenvalue weighted by molar-refractivity contribution is 5.93. The number of carbonyl (C=O) groups is 2. The predicted molar refractivity (Wildman–Crippen MR) is 91.7 cm³/mol. The minimum atomic E-state index is 0.0787. The van der Waals surface area contributed by atoms with E-state index in [0.29, 0.717) is 23.6 Å². The Bertz CT molecular complexity index is 633. The monoisotopic (exact) mass is 328 g/mol. The molecule has 2 amide bonds. The van der Waals surface area contributed by atoms with E-state index in [0.717, 1.165) is 51.1 Å². The molecule has 0 spiro atoms. The lowest BCUT2D eigenvalue weighted by Crippen LogP contribution is -2.49. The number of nitrogens with zero attached hydrogens (tertiary/aromatic N) is 3. The van der Waals surface area contributed by atoms with Gasteiger partial charge in [0.05, 0.1) is 11.9 Å². The molecule has 2 atom stereocenters. The number of hydrogen-bond donors (Lipinski definition) is 1. The Kier molecular flexibility index (Phi) is 3.90. The molecule has 3 fully saturated rings. The first-order chi connectivity index (χ1) is 11.6. The zero-order chi connectivity index (χ0) is 16.7. The predicted octanol–water partition coefficient (Wildman–Crippen LogP) is 1.73. The summed E-state index contributed by atoms with van der Waals surface area (Å²) in [4.78, 5) is 32.6. The molecule has 0 bridgehead atoms. The second kappa shape index (κ2) is 6.07. The summed E-state index contributed by atoms with van der Waals surface area (Å²) in [5, 5.41) is 2.88. The minimum Gasteiger partial charge on any atom is -0.367 e. The highest BCUT2D eigenvalue weighted by Gasteiger charge is 2.39. The van der Waals surface area contributed by atoms with Crippen LogP contribution in [0.2, 0.25) is 0 Å². The molecule has 3 aliphatic rings. The van der Waals surface area contributed by atoms with E-state index in [1.165, 1.54) is 0 Å². The van der Waals surface area contributed by atoms with Crippen LogP contribution in [0.1, 0.15) is 26.2 Å². The van der Waals surface area contributed by atoms with Crippen molar-refractivity contribution in [3.05, 3.63) is 18.3 Å². The third-order valence-electron chi connectivity index (χ3n) is 5.33. The second-order valence-corrected chi connectivity index (χ2v) is 7.30. The normalized spacial score (nSPS) is 26.2. The fourth-order valence-corrected chi connectivity index (χ4v) is 3.33. The molecule has 0 unspecified atom stereocenters. The topological polar surface area (TPSA) is 65.5 Å². The molecular formula is C18H24N4O2. The Morgan fingerprint density at radius 2 is 1.88 bits per heavy atom. The summed E-state index contributed by atoms with van der Waals surface area (Å²) in [6.07, 6.45) is 4.92. The number of rotatable bonds is 4. The molecule has 1 N–H and O–H groups in total. The summed E-state index contributed by atoms with van der Waals surface area (Å²) >= 11 is 0. The maximum Gasteiger partial charge on any atom is 0.228 e. The third-order valence-corrected chi connectivity index (χ3v) is 5.33. The van der Waals surface area contributed by atoms with Crippen molar-refractivity contribution in [2.75, 3.05) is 36.4 Å². The van der Waals surface area contributed by atoms with Gasteiger partial charge in [-0.25, -0.2) is 4.98 Å². The van der Waals surface area contributed by atoms with Gasteiger partial charge in [-0.05, 0) is 37.3 Å². The van der Waals surface area contributed by atoms with E-state index in [2.05, 4.69) is 22.1 Å². The average Bonchev–Trinajstić information content (AvgIpc) is 3.51. The molecule has 0 radical (unpaired) electrons. The number of piperazine rings is 1. The average molecular weight is 328 g/mol. The van der Waals surface area contributed by atoms with Crippen LogP contribution in [0.15, 0.2) is 18.3 Å². The number of nitrogens with one attached hydrogen (secondary N) is 1. The van der Waals surface area contributed by atoms with Crippen LogP contribution < -0.4 is 10.2 Å². The van der Waals surface area contributed by atoms with Crippen LogP contribution in [0, 0.1) is 17.8 Å². The number of amides is 2. The SMILES string of the molecule is C[C@H]1C[C@@H]1C(=O)Nc1ccc(N2CCN(C(=O)C3CC3)CC2)cn1. The van der Waals surface area contributed by atoms with Crippen LogP contribution in [0.25, 0.3) is 0 Å². The van der Waals surface area contributed by atoms with Crippen molar-refractivity contribution in [3.8, 4) is 0 Å². The zero-order valence-corrected chi connectivity index (χ0v) is 14.1. The molecule has 1 aromatic heterocycles. The lowest BCUT2D eigenvalue weighted by Gasteiger charge is -2.36. The fourth-order valence-electron chi connectivity index (χ4n) is 3.33. The lowest BCUT2D eigenvalue weighted by molar-refractivity contribution is -0.132. The molecule has 2 saturated carbocycles. The van der Waals surface area contributed by atoms with E-state index in [1.807, 2.05) is 23.2 Å². The first kappa shape index (κ1) is 15.4. The Labute approximate surface area is 142 Å². The van der Waals surface area contributed by atoms with Crippen molar-refractivity contribution in [1.82, 2.24) is 9.88 Å². The first-order valence-electron chi connectivity index (χ1n) is 8.92. The van der Waals surface area contributed by atoms with Gasteiger partial charge < -0.3 is 15.1 Å². The van der Waals surface area contributed by atoms with Gasteiger partial charge in [-0.15, -0.1) is 0 Å². The van der Waals surface area contributed by atoms with E-state index in [1.54, 1.807) is 0 Å². The fraction of sp³-hybridized carbons (Fsp3) is 0.611. The van der Waals surface area contributed by atoms with Gasteiger partial charge in [0.15, 0.2) is 0 Å². The van der Waals surface area contributed by atoms with Gasteiger partial charge in [-0.1, -0.05) is 6.92 Å². The number of pyridine rings is 1. The summed E-state index contributed by atoms with van der Waals surface area (Å²) in [6, 6.07) is 3.86. The molecule has 1 saturated heterocycles. The first-order valence-corrected chi connectivity index (χ1v) is 8.92. The minimum absolute atomic E-state index is 0.0787. The molecule has 0 aromatic carbocycles. The van der Waals surface area contributed by atoms with Crippen molar-refractivity contribution >= 4 is 23.3 Å². The molecule has 1 aliphatic heterocycles. The molecule has 6 nitrogen and oxygen atoms in total. The molecule has 1 aromatic rings. The van der Waals surface area contributed by atoms with Crippen LogP contribution in [0.3, 0.4) is 0 Å². The summed E-state index contributed by atoms with van der Waals surface area (Å²) in [5.41, 5.74) is 1.05. The maximum absolute atomic E-state index is 12.1. The molecule has 24 heavy (non-hydrogen) atoms. The van der Waals surface area contributed by atoms with Gasteiger partial charge in [0.2, 0.25) is 11.8 Å². The standard InChI is InChI=1S/C18H24N4O2/c1-12-10-15(12)17(23)20-16-5-4-14(11-19-16)21-6-8-22(9-7-21)18(24)13-2-3-13/h4-5,11-13,15H,2-3,6-10H2,1H3,(H,19,20,23)/t12-,15-/m0/s1. The van der Waals surface area contributed by atoms with E-state index >= 15 is 0 Å². The van der Waals surface area contributed by atoms with Crippen molar-refractivity contribution in [2.24, 2.45) is 17.8 Å². The summed E-state index contributed by atoms with van der Waals surface area (Å²) < 4.78 is 0. The summed E-state index contributed by atoms with van der Waals surface area (Å²) in [6.45, 7) is 5.34. The third kappa shape index (κ3) is 3.23. The van der Waals surface area contributed by atoms with Crippen LogP contribution in [0.5, 0.6) is 0 Å². The van der Waals surface area contributed by atoms with Crippen LogP contribution in [-0.2, 0) is 9.59 Å². The Hall–Kier alpha value is -2.11. The molecule has 128 valence electrons. The van der Waals surface area contributed by atoms with E-state index < -0.39 is 0 Å². The molecule has 2 aliphatic carbocycles. The van der Waals surface area contributed by atoms with Crippen molar-refractivity contribution in [2.45, 2.75) is 26.2 Å². The van der Waals surface area contributed by atoms with E-state index in [4.69, 9.17) is 0 Å². The van der Waals surface area contributed by atoms with Gasteiger partial charge >= 0.3 is 0 Å². The van der Waals surface area contributed by atoms with Gasteiger partial charge in [0, 0.05) is 38.0 Å². The van der Waals surface area contributed by atoms with Gasteiger partial charge in [-0.3, -0.25) is 9.59 Å². The highest BCUT2D eigenvalue weighted by Crippen LogP contribution is 2.38. The Morgan fingerprint density at radius 3 is 2.42 bits per heavy atom. The molecule has 6 heteroatoms. The zero-order valence-electron chi connectivity index (χ0n) is 14.1. The summed E-state index contributed by atoms with van der Waals surface area (Å²) in [5.74, 6) is 1.98. The molecule has 2 heterocycles. The Balaban J connectivity index is 1.30. The highest BCUT2D eigenvalue weighted by atomic mass is 16.2. The quantitative estimate of drug-likeness (QED) is 0.914.